The van der Waals surface area contributed by atoms with Crippen LogP contribution in [0.15, 0.2) is 60.7 Å². The highest BCUT2D eigenvalue weighted by molar-refractivity contribution is 5.74. The topological polar surface area (TPSA) is 46.5 Å². The van der Waals surface area contributed by atoms with E-state index < -0.39 is 17.5 Å². The molecule has 0 saturated heterocycles. The molecule has 0 amide bonds. The van der Waals surface area contributed by atoms with E-state index in [4.69, 9.17) is 4.74 Å². The van der Waals surface area contributed by atoms with Gasteiger partial charge >= 0.3 is 5.97 Å². The van der Waals surface area contributed by atoms with Gasteiger partial charge in [0.2, 0.25) is 0 Å². The molecular weight excluding hydrogens is 276 g/mol. The molecule has 0 spiro atoms. The SMILES string of the molecule is CC[C@@](O)(c1ccccc1)[C@@H](C)C(=O)OCc1ccccc1. The summed E-state index contributed by atoms with van der Waals surface area (Å²) < 4.78 is 5.36. The molecule has 0 aliphatic heterocycles. The van der Waals surface area contributed by atoms with Crippen molar-refractivity contribution < 1.29 is 14.6 Å². The van der Waals surface area contributed by atoms with Crippen LogP contribution >= 0.6 is 0 Å². The average molecular weight is 298 g/mol. The number of ether oxygens (including phenoxy) is 1. The number of hydrogen-bond donors (Lipinski definition) is 1. The second kappa shape index (κ2) is 7.23. The Bertz CT molecular complexity index is 595. The number of benzene rings is 2. The third-order valence-corrected chi connectivity index (χ3v) is 4.11. The first-order chi connectivity index (χ1) is 10.6. The third kappa shape index (κ3) is 3.55. The molecule has 0 aliphatic rings. The second-order valence-corrected chi connectivity index (χ2v) is 5.46. The molecule has 22 heavy (non-hydrogen) atoms. The molecular formula is C19H22O3. The number of carbonyl (C=O) groups is 1. The molecule has 116 valence electrons. The van der Waals surface area contributed by atoms with Crippen molar-refractivity contribution in [3.05, 3.63) is 71.8 Å². The lowest BCUT2D eigenvalue weighted by Crippen LogP contribution is -2.38. The average Bonchev–Trinajstić information content (AvgIpc) is 2.60. The maximum atomic E-state index is 12.3. The van der Waals surface area contributed by atoms with Gasteiger partial charge < -0.3 is 9.84 Å². The van der Waals surface area contributed by atoms with Crippen LogP contribution in [0.3, 0.4) is 0 Å². The minimum atomic E-state index is -1.21. The molecule has 2 atom stereocenters. The molecule has 1 N–H and O–H groups in total. The minimum Gasteiger partial charge on any atom is -0.461 e. The van der Waals surface area contributed by atoms with Crippen LogP contribution in [0.25, 0.3) is 0 Å². The maximum absolute atomic E-state index is 12.3. The molecule has 0 fully saturated rings. The first-order valence-electron chi connectivity index (χ1n) is 7.56. The lowest BCUT2D eigenvalue weighted by atomic mass is 9.80. The van der Waals surface area contributed by atoms with Gasteiger partial charge in [0.1, 0.15) is 12.2 Å². The van der Waals surface area contributed by atoms with Crippen molar-refractivity contribution >= 4 is 5.97 Å². The van der Waals surface area contributed by atoms with E-state index in [1.807, 2.05) is 67.6 Å². The number of esters is 1. The van der Waals surface area contributed by atoms with E-state index in [1.54, 1.807) is 6.92 Å². The molecule has 0 radical (unpaired) electrons. The lowest BCUT2D eigenvalue weighted by Gasteiger charge is -2.32. The second-order valence-electron chi connectivity index (χ2n) is 5.46. The predicted molar refractivity (Wildman–Crippen MR) is 86.0 cm³/mol. The van der Waals surface area contributed by atoms with Gasteiger partial charge in [-0.15, -0.1) is 0 Å². The zero-order valence-corrected chi connectivity index (χ0v) is 13.0. The summed E-state index contributed by atoms with van der Waals surface area (Å²) in [6.07, 6.45) is 0.443. The summed E-state index contributed by atoms with van der Waals surface area (Å²) in [6, 6.07) is 18.8. The predicted octanol–water partition coefficient (Wildman–Crippen LogP) is 3.66. The Morgan fingerprint density at radius 3 is 2.18 bits per heavy atom. The number of carbonyl (C=O) groups excluding carboxylic acids is 1. The summed E-state index contributed by atoms with van der Waals surface area (Å²) in [5.41, 5.74) is 0.458. The normalized spacial score (nSPS) is 14.9. The van der Waals surface area contributed by atoms with Crippen molar-refractivity contribution in [1.29, 1.82) is 0 Å². The van der Waals surface area contributed by atoms with Crippen molar-refractivity contribution in [3.8, 4) is 0 Å². The summed E-state index contributed by atoms with van der Waals surface area (Å²) in [6.45, 7) is 3.80. The maximum Gasteiger partial charge on any atom is 0.312 e. The van der Waals surface area contributed by atoms with E-state index >= 15 is 0 Å². The van der Waals surface area contributed by atoms with Crippen LogP contribution in [0.4, 0.5) is 0 Å². The van der Waals surface area contributed by atoms with Gasteiger partial charge in [-0.1, -0.05) is 67.6 Å². The Morgan fingerprint density at radius 2 is 1.64 bits per heavy atom. The van der Waals surface area contributed by atoms with Crippen LogP contribution < -0.4 is 0 Å². The van der Waals surface area contributed by atoms with E-state index in [1.165, 1.54) is 0 Å². The number of hydrogen-bond acceptors (Lipinski definition) is 3. The van der Waals surface area contributed by atoms with Crippen molar-refractivity contribution in [2.75, 3.05) is 0 Å². The van der Waals surface area contributed by atoms with E-state index in [-0.39, 0.29) is 6.61 Å². The van der Waals surface area contributed by atoms with Crippen LogP contribution in [0, 0.1) is 5.92 Å². The van der Waals surface area contributed by atoms with E-state index in [2.05, 4.69) is 0 Å². The van der Waals surface area contributed by atoms with Crippen molar-refractivity contribution in [3.63, 3.8) is 0 Å². The Labute approximate surface area is 131 Å². The molecule has 2 rings (SSSR count). The van der Waals surface area contributed by atoms with Crippen LogP contribution in [0.5, 0.6) is 0 Å². The van der Waals surface area contributed by atoms with E-state index in [0.717, 1.165) is 11.1 Å². The summed E-state index contributed by atoms with van der Waals surface area (Å²) in [7, 11) is 0. The molecule has 0 aromatic heterocycles. The van der Waals surface area contributed by atoms with Crippen LogP contribution in [-0.2, 0) is 21.7 Å². The largest absolute Gasteiger partial charge is 0.461 e. The number of rotatable bonds is 6. The van der Waals surface area contributed by atoms with Gasteiger partial charge in [-0.05, 0) is 24.5 Å². The van der Waals surface area contributed by atoms with Crippen LogP contribution in [-0.4, -0.2) is 11.1 Å². The van der Waals surface area contributed by atoms with Crippen molar-refractivity contribution in [2.45, 2.75) is 32.5 Å². The number of aliphatic hydroxyl groups is 1. The Kier molecular flexibility index (Phi) is 5.34. The van der Waals surface area contributed by atoms with Gasteiger partial charge in [-0.2, -0.15) is 0 Å². The third-order valence-electron chi connectivity index (χ3n) is 4.11. The highest BCUT2D eigenvalue weighted by atomic mass is 16.5. The monoisotopic (exact) mass is 298 g/mol. The van der Waals surface area contributed by atoms with E-state index in [9.17, 15) is 9.90 Å². The fraction of sp³-hybridized carbons (Fsp3) is 0.316. The minimum absolute atomic E-state index is 0.221. The molecule has 0 aliphatic carbocycles. The fourth-order valence-electron chi connectivity index (χ4n) is 2.54. The summed E-state index contributed by atoms with van der Waals surface area (Å²) in [5, 5.41) is 10.9. The summed E-state index contributed by atoms with van der Waals surface area (Å²) in [4.78, 5) is 12.3. The molecule has 0 bridgehead atoms. The molecule has 3 nitrogen and oxygen atoms in total. The van der Waals surface area contributed by atoms with Gasteiger partial charge in [0, 0.05) is 0 Å². The first-order valence-corrected chi connectivity index (χ1v) is 7.56. The van der Waals surface area contributed by atoms with Gasteiger partial charge in [-0.25, -0.2) is 0 Å². The van der Waals surface area contributed by atoms with Gasteiger partial charge in [-0.3, -0.25) is 4.79 Å². The smallest absolute Gasteiger partial charge is 0.312 e. The van der Waals surface area contributed by atoms with Crippen molar-refractivity contribution in [1.82, 2.24) is 0 Å². The molecule has 0 heterocycles. The Morgan fingerprint density at radius 1 is 1.09 bits per heavy atom. The lowest BCUT2D eigenvalue weighted by molar-refractivity contribution is -0.160. The first kappa shape index (κ1) is 16.2. The van der Waals surface area contributed by atoms with Gasteiger partial charge in [0.25, 0.3) is 0 Å². The molecule has 2 aromatic rings. The van der Waals surface area contributed by atoms with Gasteiger partial charge in [0.15, 0.2) is 0 Å². The highest BCUT2D eigenvalue weighted by Crippen LogP contribution is 2.33. The summed E-state index contributed by atoms with van der Waals surface area (Å²) in [5.74, 6) is -1.03. The molecule has 2 aromatic carbocycles. The Hall–Kier alpha value is -2.13. The molecule has 3 heteroatoms. The quantitative estimate of drug-likeness (QED) is 0.828. The van der Waals surface area contributed by atoms with Gasteiger partial charge in [0.05, 0.1) is 5.92 Å². The Balaban J connectivity index is 2.08. The zero-order valence-electron chi connectivity index (χ0n) is 13.0. The van der Waals surface area contributed by atoms with E-state index in [0.29, 0.717) is 6.42 Å². The fourth-order valence-corrected chi connectivity index (χ4v) is 2.54. The van der Waals surface area contributed by atoms with Crippen molar-refractivity contribution in [2.24, 2.45) is 5.92 Å². The molecule has 0 saturated carbocycles. The summed E-state index contributed by atoms with van der Waals surface area (Å²) >= 11 is 0. The van der Waals surface area contributed by atoms with Crippen LogP contribution in [0.1, 0.15) is 31.4 Å². The standard InChI is InChI=1S/C19H22O3/c1-3-19(21,17-12-8-5-9-13-17)15(2)18(20)22-14-16-10-6-4-7-11-16/h4-13,15,21H,3,14H2,1-2H3/t15-,19-/m0/s1. The van der Waals surface area contributed by atoms with Crippen LogP contribution in [0.2, 0.25) is 0 Å². The highest BCUT2D eigenvalue weighted by Gasteiger charge is 2.39. The molecule has 0 unspecified atom stereocenters. The zero-order chi connectivity index (χ0) is 16.0.